The molecular formula is C20H23N3O2S. The lowest BCUT2D eigenvalue weighted by Crippen LogP contribution is -2.28. The minimum absolute atomic E-state index is 0.179. The van der Waals surface area contributed by atoms with Gasteiger partial charge in [0, 0.05) is 35.8 Å². The predicted molar refractivity (Wildman–Crippen MR) is 107 cm³/mol. The van der Waals surface area contributed by atoms with Crippen LogP contribution in [0.4, 0.5) is 16.2 Å². The van der Waals surface area contributed by atoms with Crippen LogP contribution in [0.15, 0.2) is 53.4 Å². The summed E-state index contributed by atoms with van der Waals surface area (Å²) in [7, 11) is 0. The summed E-state index contributed by atoms with van der Waals surface area (Å²) in [5.74, 6) is 1.21. The van der Waals surface area contributed by atoms with Crippen LogP contribution < -0.4 is 15.5 Å². The van der Waals surface area contributed by atoms with Crippen LogP contribution in [0, 0.1) is 0 Å². The van der Waals surface area contributed by atoms with Gasteiger partial charge in [-0.3, -0.25) is 4.79 Å². The van der Waals surface area contributed by atoms with E-state index in [1.165, 1.54) is 4.90 Å². The summed E-state index contributed by atoms with van der Waals surface area (Å²) in [6.45, 7) is 3.33. The van der Waals surface area contributed by atoms with Gasteiger partial charge in [-0.1, -0.05) is 19.1 Å². The van der Waals surface area contributed by atoms with Gasteiger partial charge in [0.1, 0.15) is 0 Å². The van der Waals surface area contributed by atoms with Crippen LogP contribution in [-0.2, 0) is 11.3 Å². The van der Waals surface area contributed by atoms with Crippen molar-refractivity contribution in [3.8, 4) is 0 Å². The third-order valence-electron chi connectivity index (χ3n) is 4.20. The number of benzene rings is 2. The minimum atomic E-state index is -0.236. The van der Waals surface area contributed by atoms with Crippen molar-refractivity contribution >= 4 is 35.1 Å². The highest BCUT2D eigenvalue weighted by atomic mass is 32.2. The first kappa shape index (κ1) is 18.3. The molecule has 3 amide bonds. The van der Waals surface area contributed by atoms with Gasteiger partial charge in [0.25, 0.3) is 0 Å². The van der Waals surface area contributed by atoms with Crippen molar-refractivity contribution < 1.29 is 9.59 Å². The fourth-order valence-corrected chi connectivity index (χ4v) is 3.54. The zero-order chi connectivity index (χ0) is 18.4. The molecule has 0 aromatic heterocycles. The lowest BCUT2D eigenvalue weighted by Gasteiger charge is -2.16. The lowest BCUT2D eigenvalue weighted by molar-refractivity contribution is -0.117. The highest BCUT2D eigenvalue weighted by Crippen LogP contribution is 2.22. The molecule has 136 valence electrons. The molecule has 0 radical (unpaired) electrons. The van der Waals surface area contributed by atoms with Gasteiger partial charge < -0.3 is 15.5 Å². The smallest absolute Gasteiger partial charge is 0.319 e. The topological polar surface area (TPSA) is 61.4 Å². The SMILES string of the molecule is CCSc1ccc(NC(=O)NCc2ccc(N3CCCC3=O)cc2)cc1. The molecule has 0 unspecified atom stereocenters. The van der Waals surface area contributed by atoms with E-state index in [1.807, 2.05) is 53.4 Å². The molecule has 6 heteroatoms. The van der Waals surface area contributed by atoms with E-state index in [2.05, 4.69) is 17.6 Å². The molecule has 2 aromatic rings. The van der Waals surface area contributed by atoms with Crippen LogP contribution in [-0.4, -0.2) is 24.2 Å². The van der Waals surface area contributed by atoms with Crippen LogP contribution in [0.1, 0.15) is 25.3 Å². The number of hydrogen-bond acceptors (Lipinski definition) is 3. The second-order valence-corrected chi connectivity index (χ2v) is 7.42. The summed E-state index contributed by atoms with van der Waals surface area (Å²) < 4.78 is 0. The summed E-state index contributed by atoms with van der Waals surface area (Å²) >= 11 is 1.77. The summed E-state index contributed by atoms with van der Waals surface area (Å²) in [6.07, 6.45) is 1.54. The van der Waals surface area contributed by atoms with Crippen molar-refractivity contribution in [3.63, 3.8) is 0 Å². The zero-order valence-electron chi connectivity index (χ0n) is 14.8. The second-order valence-electron chi connectivity index (χ2n) is 6.08. The third-order valence-corrected chi connectivity index (χ3v) is 5.09. The first-order chi connectivity index (χ1) is 12.7. The molecule has 1 heterocycles. The second kappa shape index (κ2) is 8.76. The molecule has 0 atom stereocenters. The Kier molecular flexibility index (Phi) is 6.17. The minimum Gasteiger partial charge on any atom is -0.334 e. The Labute approximate surface area is 158 Å². The van der Waals surface area contributed by atoms with Crippen molar-refractivity contribution in [3.05, 3.63) is 54.1 Å². The number of thioether (sulfide) groups is 1. The summed E-state index contributed by atoms with van der Waals surface area (Å²) in [5, 5.41) is 5.68. The number of anilines is 2. The van der Waals surface area contributed by atoms with Gasteiger partial charge in [-0.05, 0) is 54.1 Å². The van der Waals surface area contributed by atoms with Crippen molar-refractivity contribution in [1.29, 1.82) is 0 Å². The maximum atomic E-state index is 12.0. The van der Waals surface area contributed by atoms with Gasteiger partial charge >= 0.3 is 6.03 Å². The first-order valence-electron chi connectivity index (χ1n) is 8.82. The fourth-order valence-electron chi connectivity index (χ4n) is 2.87. The lowest BCUT2D eigenvalue weighted by atomic mass is 10.2. The number of carbonyl (C=O) groups is 2. The van der Waals surface area contributed by atoms with Gasteiger partial charge in [0.2, 0.25) is 5.91 Å². The molecule has 1 fully saturated rings. The number of amides is 3. The molecule has 26 heavy (non-hydrogen) atoms. The van der Waals surface area contributed by atoms with Gasteiger partial charge in [-0.25, -0.2) is 4.79 Å². The summed E-state index contributed by atoms with van der Waals surface area (Å²) in [6, 6.07) is 15.3. The van der Waals surface area contributed by atoms with Gasteiger partial charge in [0.15, 0.2) is 0 Å². The molecule has 0 saturated carbocycles. The predicted octanol–water partition coefficient (Wildman–Crippen LogP) is 4.25. The average molecular weight is 369 g/mol. The van der Waals surface area contributed by atoms with Crippen LogP contribution in [0.3, 0.4) is 0 Å². The van der Waals surface area contributed by atoms with Gasteiger partial charge in [-0.2, -0.15) is 0 Å². The molecule has 1 aliphatic rings. The maximum absolute atomic E-state index is 12.0. The standard InChI is InChI=1S/C20H23N3O2S/c1-2-26-18-11-7-16(8-12-18)22-20(25)21-14-15-5-9-17(10-6-15)23-13-3-4-19(23)24/h5-12H,2-4,13-14H2,1H3,(H2,21,22,25). The number of hydrogen-bond donors (Lipinski definition) is 2. The van der Waals surface area contributed by atoms with E-state index in [4.69, 9.17) is 0 Å². The number of nitrogens with zero attached hydrogens (tertiary/aromatic N) is 1. The maximum Gasteiger partial charge on any atom is 0.319 e. The molecule has 5 nitrogen and oxygen atoms in total. The first-order valence-corrected chi connectivity index (χ1v) is 9.81. The van der Waals surface area contributed by atoms with E-state index < -0.39 is 0 Å². The van der Waals surface area contributed by atoms with E-state index in [-0.39, 0.29) is 11.9 Å². The van der Waals surface area contributed by atoms with E-state index in [0.717, 1.165) is 35.7 Å². The van der Waals surface area contributed by atoms with E-state index in [0.29, 0.717) is 13.0 Å². The molecule has 0 bridgehead atoms. The molecule has 3 rings (SSSR count). The molecule has 2 aromatic carbocycles. The Balaban J connectivity index is 1.48. The molecule has 1 aliphatic heterocycles. The van der Waals surface area contributed by atoms with Crippen LogP contribution in [0.2, 0.25) is 0 Å². The van der Waals surface area contributed by atoms with E-state index >= 15 is 0 Å². The highest BCUT2D eigenvalue weighted by Gasteiger charge is 2.21. The number of rotatable bonds is 6. The molecule has 1 saturated heterocycles. The number of urea groups is 1. The summed E-state index contributed by atoms with van der Waals surface area (Å²) in [4.78, 5) is 26.8. The Morgan fingerprint density at radius 2 is 1.85 bits per heavy atom. The Bertz CT molecular complexity index is 760. The highest BCUT2D eigenvalue weighted by molar-refractivity contribution is 7.99. The normalized spacial score (nSPS) is 13.7. The Morgan fingerprint density at radius 3 is 2.46 bits per heavy atom. The van der Waals surface area contributed by atoms with Crippen molar-refractivity contribution in [1.82, 2.24) is 5.32 Å². The molecular weight excluding hydrogens is 346 g/mol. The molecule has 0 aliphatic carbocycles. The fraction of sp³-hybridized carbons (Fsp3) is 0.300. The monoisotopic (exact) mass is 369 g/mol. The quantitative estimate of drug-likeness (QED) is 0.749. The van der Waals surface area contributed by atoms with Gasteiger partial charge in [0.05, 0.1) is 0 Å². The van der Waals surface area contributed by atoms with Gasteiger partial charge in [-0.15, -0.1) is 11.8 Å². The van der Waals surface area contributed by atoms with Crippen LogP contribution in [0.5, 0.6) is 0 Å². The zero-order valence-corrected chi connectivity index (χ0v) is 15.6. The average Bonchev–Trinajstić information content (AvgIpc) is 3.08. The van der Waals surface area contributed by atoms with Crippen molar-refractivity contribution in [2.75, 3.05) is 22.5 Å². The summed E-state index contributed by atoms with van der Waals surface area (Å²) in [5.41, 5.74) is 2.68. The molecule has 0 spiro atoms. The Hall–Kier alpha value is -2.47. The van der Waals surface area contributed by atoms with E-state index in [1.54, 1.807) is 11.8 Å². The van der Waals surface area contributed by atoms with Crippen LogP contribution in [0.25, 0.3) is 0 Å². The third kappa shape index (κ3) is 4.79. The van der Waals surface area contributed by atoms with Crippen LogP contribution >= 0.6 is 11.8 Å². The van der Waals surface area contributed by atoms with Crippen molar-refractivity contribution in [2.45, 2.75) is 31.2 Å². The number of carbonyl (C=O) groups excluding carboxylic acids is 2. The Morgan fingerprint density at radius 1 is 1.12 bits per heavy atom. The number of nitrogens with one attached hydrogen (secondary N) is 2. The van der Waals surface area contributed by atoms with E-state index in [9.17, 15) is 9.59 Å². The van der Waals surface area contributed by atoms with Crippen molar-refractivity contribution in [2.24, 2.45) is 0 Å². The molecule has 2 N–H and O–H groups in total. The largest absolute Gasteiger partial charge is 0.334 e.